The summed E-state index contributed by atoms with van der Waals surface area (Å²) in [5, 5.41) is 15.2. The van der Waals surface area contributed by atoms with Crippen molar-refractivity contribution in [1.29, 1.82) is 0 Å². The Hall–Kier alpha value is -0.600. The molecular weight excluding hydrogens is 128 g/mol. The second kappa shape index (κ2) is 15.8. The van der Waals surface area contributed by atoms with Gasteiger partial charge in [-0.3, -0.25) is 0 Å². The Morgan fingerprint density at radius 3 is 1.90 bits per heavy atom. The standard InChI is InChI=1S/C6H10.C2H6O2/c1-3-5-6-4-2;3-1-2-4/h3,5-6H,1,4H2,2H3;3-4H,1-2H2. The van der Waals surface area contributed by atoms with E-state index in [9.17, 15) is 0 Å². The third-order valence-corrected chi connectivity index (χ3v) is 0.608. The van der Waals surface area contributed by atoms with Crippen LogP contribution >= 0.6 is 0 Å². The van der Waals surface area contributed by atoms with Crippen LogP contribution in [0.3, 0.4) is 0 Å². The van der Waals surface area contributed by atoms with Gasteiger partial charge in [-0.25, -0.2) is 0 Å². The van der Waals surface area contributed by atoms with Gasteiger partial charge in [0, 0.05) is 0 Å². The number of rotatable bonds is 3. The minimum Gasteiger partial charge on any atom is -0.394 e. The van der Waals surface area contributed by atoms with Crippen molar-refractivity contribution in [1.82, 2.24) is 0 Å². The predicted molar refractivity (Wildman–Crippen MR) is 43.8 cm³/mol. The first-order chi connectivity index (χ1) is 4.83. The van der Waals surface area contributed by atoms with Crippen LogP contribution in [-0.2, 0) is 0 Å². The van der Waals surface area contributed by atoms with Gasteiger partial charge in [-0.2, -0.15) is 0 Å². The third kappa shape index (κ3) is 26.2. The van der Waals surface area contributed by atoms with Crippen LogP contribution in [0, 0.1) is 0 Å². The Morgan fingerprint density at radius 2 is 1.80 bits per heavy atom. The first kappa shape index (κ1) is 12.1. The van der Waals surface area contributed by atoms with Crippen molar-refractivity contribution in [3.63, 3.8) is 0 Å². The van der Waals surface area contributed by atoms with Gasteiger partial charge in [0.15, 0.2) is 0 Å². The number of aliphatic hydroxyl groups is 2. The average Bonchev–Trinajstić information content (AvgIpc) is 2.01. The second-order valence-corrected chi connectivity index (χ2v) is 1.52. The Balaban J connectivity index is 0. The minimum atomic E-state index is -0.125. The second-order valence-electron chi connectivity index (χ2n) is 1.52. The third-order valence-electron chi connectivity index (χ3n) is 0.608. The molecule has 0 fully saturated rings. The molecule has 0 aliphatic heterocycles. The van der Waals surface area contributed by atoms with E-state index in [2.05, 4.69) is 19.6 Å². The van der Waals surface area contributed by atoms with E-state index in [1.807, 2.05) is 6.08 Å². The molecule has 0 unspecified atom stereocenters. The van der Waals surface area contributed by atoms with E-state index in [0.29, 0.717) is 0 Å². The summed E-state index contributed by atoms with van der Waals surface area (Å²) < 4.78 is 0. The zero-order valence-electron chi connectivity index (χ0n) is 6.45. The molecular formula is C8H16O2. The van der Waals surface area contributed by atoms with Crippen molar-refractivity contribution in [2.75, 3.05) is 13.2 Å². The van der Waals surface area contributed by atoms with Crippen LogP contribution in [0.1, 0.15) is 13.3 Å². The van der Waals surface area contributed by atoms with Crippen LogP contribution in [0.25, 0.3) is 0 Å². The zero-order chi connectivity index (χ0) is 8.24. The van der Waals surface area contributed by atoms with Crippen molar-refractivity contribution >= 4 is 0 Å². The molecule has 0 aromatic carbocycles. The fourth-order valence-corrected chi connectivity index (χ4v) is 0.232. The Labute approximate surface area is 62.5 Å². The molecule has 0 rings (SSSR count). The average molecular weight is 144 g/mol. The van der Waals surface area contributed by atoms with Crippen LogP contribution in [0.5, 0.6) is 0 Å². The maximum Gasteiger partial charge on any atom is 0.0662 e. The first-order valence-electron chi connectivity index (χ1n) is 3.32. The van der Waals surface area contributed by atoms with Gasteiger partial charge < -0.3 is 10.2 Å². The summed E-state index contributed by atoms with van der Waals surface area (Å²) in [6, 6.07) is 0. The Bertz CT molecular complexity index is 75.3. The van der Waals surface area contributed by atoms with E-state index in [4.69, 9.17) is 10.2 Å². The van der Waals surface area contributed by atoms with E-state index in [1.165, 1.54) is 0 Å². The van der Waals surface area contributed by atoms with E-state index >= 15 is 0 Å². The van der Waals surface area contributed by atoms with Gasteiger partial charge in [0.25, 0.3) is 0 Å². The fraction of sp³-hybridized carbons (Fsp3) is 0.500. The van der Waals surface area contributed by atoms with E-state index in [-0.39, 0.29) is 13.2 Å². The highest BCUT2D eigenvalue weighted by molar-refractivity contribution is 4.96. The van der Waals surface area contributed by atoms with Crippen LogP contribution in [-0.4, -0.2) is 23.4 Å². The first-order valence-corrected chi connectivity index (χ1v) is 3.32. The van der Waals surface area contributed by atoms with E-state index < -0.39 is 0 Å². The summed E-state index contributed by atoms with van der Waals surface area (Å²) >= 11 is 0. The quantitative estimate of drug-likeness (QED) is 0.582. The molecule has 0 bridgehead atoms. The summed E-state index contributed by atoms with van der Waals surface area (Å²) in [4.78, 5) is 0. The normalized spacial score (nSPS) is 8.70. The molecule has 0 heterocycles. The molecule has 0 saturated carbocycles. The van der Waals surface area contributed by atoms with Gasteiger partial charge in [-0.1, -0.05) is 31.7 Å². The minimum absolute atomic E-state index is 0.125. The number of aliphatic hydroxyl groups excluding tert-OH is 2. The lowest BCUT2D eigenvalue weighted by Crippen LogP contribution is -1.85. The lowest BCUT2D eigenvalue weighted by atomic mass is 10.4. The molecule has 0 radical (unpaired) electrons. The zero-order valence-corrected chi connectivity index (χ0v) is 6.45. The van der Waals surface area contributed by atoms with Gasteiger partial charge in [0.2, 0.25) is 0 Å². The molecule has 0 atom stereocenters. The lowest BCUT2D eigenvalue weighted by molar-refractivity contribution is 0.186. The predicted octanol–water partition coefficient (Wildman–Crippen LogP) is 1.11. The van der Waals surface area contributed by atoms with Crippen LogP contribution < -0.4 is 0 Å². The lowest BCUT2D eigenvalue weighted by Gasteiger charge is -1.70. The summed E-state index contributed by atoms with van der Waals surface area (Å²) in [6.45, 7) is 5.36. The van der Waals surface area contributed by atoms with Gasteiger partial charge in [-0.05, 0) is 6.42 Å². The van der Waals surface area contributed by atoms with E-state index in [0.717, 1.165) is 6.42 Å². The SMILES string of the molecule is C=CC=CCC.OCCO. The fourth-order valence-electron chi connectivity index (χ4n) is 0.232. The molecule has 0 aliphatic rings. The van der Waals surface area contributed by atoms with Crippen LogP contribution in [0.2, 0.25) is 0 Å². The van der Waals surface area contributed by atoms with Crippen molar-refractivity contribution < 1.29 is 10.2 Å². The molecule has 60 valence electrons. The molecule has 0 saturated heterocycles. The monoisotopic (exact) mass is 144 g/mol. The molecule has 0 spiro atoms. The highest BCUT2D eigenvalue weighted by Crippen LogP contribution is 1.76. The Morgan fingerprint density at radius 1 is 1.30 bits per heavy atom. The summed E-state index contributed by atoms with van der Waals surface area (Å²) in [5.41, 5.74) is 0. The maximum atomic E-state index is 7.62. The molecule has 0 aromatic heterocycles. The van der Waals surface area contributed by atoms with Crippen molar-refractivity contribution in [3.05, 3.63) is 24.8 Å². The molecule has 0 aromatic rings. The van der Waals surface area contributed by atoms with Gasteiger partial charge >= 0.3 is 0 Å². The molecule has 0 aliphatic carbocycles. The highest BCUT2D eigenvalue weighted by Gasteiger charge is 1.58. The number of hydrogen-bond acceptors (Lipinski definition) is 2. The number of allylic oxidation sites excluding steroid dienone is 3. The van der Waals surface area contributed by atoms with Gasteiger partial charge in [0.1, 0.15) is 0 Å². The molecule has 2 heteroatoms. The number of hydrogen-bond donors (Lipinski definition) is 2. The van der Waals surface area contributed by atoms with Crippen molar-refractivity contribution in [3.8, 4) is 0 Å². The highest BCUT2D eigenvalue weighted by atomic mass is 16.3. The van der Waals surface area contributed by atoms with Crippen LogP contribution in [0.4, 0.5) is 0 Å². The van der Waals surface area contributed by atoms with Gasteiger partial charge in [0.05, 0.1) is 13.2 Å². The van der Waals surface area contributed by atoms with E-state index in [1.54, 1.807) is 6.08 Å². The van der Waals surface area contributed by atoms with Crippen molar-refractivity contribution in [2.45, 2.75) is 13.3 Å². The van der Waals surface area contributed by atoms with Crippen molar-refractivity contribution in [2.24, 2.45) is 0 Å². The smallest absolute Gasteiger partial charge is 0.0662 e. The molecule has 2 N–H and O–H groups in total. The molecule has 10 heavy (non-hydrogen) atoms. The summed E-state index contributed by atoms with van der Waals surface area (Å²) in [7, 11) is 0. The molecule has 2 nitrogen and oxygen atoms in total. The van der Waals surface area contributed by atoms with Gasteiger partial charge in [-0.15, -0.1) is 0 Å². The Kier molecular flexibility index (Phi) is 19.1. The maximum absolute atomic E-state index is 7.62. The van der Waals surface area contributed by atoms with Crippen LogP contribution in [0.15, 0.2) is 24.8 Å². The summed E-state index contributed by atoms with van der Waals surface area (Å²) in [6.07, 6.45) is 6.89. The topological polar surface area (TPSA) is 40.5 Å². The molecule has 0 amide bonds. The largest absolute Gasteiger partial charge is 0.394 e. The summed E-state index contributed by atoms with van der Waals surface area (Å²) in [5.74, 6) is 0.